The second kappa shape index (κ2) is 11.9. The van der Waals surface area contributed by atoms with E-state index in [2.05, 4.69) is 15.0 Å². The maximum Gasteiger partial charge on any atom is 0.420 e. The summed E-state index contributed by atoms with van der Waals surface area (Å²) in [5.74, 6) is -6.00. The summed E-state index contributed by atoms with van der Waals surface area (Å²) in [5, 5.41) is 10.8. The molecule has 0 aromatic rings. The number of rotatable bonds is 13. The maximum absolute atomic E-state index is 13.2. The molecule has 0 saturated heterocycles. The number of amides is 1. The topological polar surface area (TPSA) is 127 Å². The Labute approximate surface area is 176 Å². The second-order valence-corrected chi connectivity index (χ2v) is 7.25. The fraction of sp³-hybridized carbons (Fsp3) is 0.778. The third-order valence-electron chi connectivity index (χ3n) is 4.13. The van der Waals surface area contributed by atoms with Crippen LogP contribution in [0, 0.1) is 11.3 Å². The summed E-state index contributed by atoms with van der Waals surface area (Å²) < 4.78 is 74.1. The van der Waals surface area contributed by atoms with E-state index in [1.54, 1.807) is 6.07 Å². The van der Waals surface area contributed by atoms with Crippen LogP contribution < -0.4 is 11.1 Å². The number of Topliss-reactive ketones (excluding diaryl/α,β-unsaturated/α-hetero) is 1. The number of nitrogens with zero attached hydrogens (tertiary/aromatic N) is 2. The molecule has 0 bridgehead atoms. The largest absolute Gasteiger partial charge is 0.420 e. The van der Waals surface area contributed by atoms with E-state index in [1.165, 1.54) is 21.0 Å². The Hall–Kier alpha value is -2.33. The van der Waals surface area contributed by atoms with Gasteiger partial charge in [-0.1, -0.05) is 0 Å². The lowest BCUT2D eigenvalue weighted by Crippen LogP contribution is -2.52. The van der Waals surface area contributed by atoms with Crippen molar-refractivity contribution in [3.63, 3.8) is 0 Å². The second-order valence-electron chi connectivity index (χ2n) is 7.25. The van der Waals surface area contributed by atoms with Crippen LogP contribution in [0.15, 0.2) is 4.99 Å². The van der Waals surface area contributed by atoms with Crippen molar-refractivity contribution in [2.45, 2.75) is 69.9 Å². The Kier molecular flexibility index (Phi) is 11.0. The molecular formula is C18H27F5N4O4. The molecule has 0 heterocycles. The number of aliphatic imine (C=N–C) groups is 1. The van der Waals surface area contributed by atoms with Gasteiger partial charge in [0.25, 0.3) is 11.8 Å². The van der Waals surface area contributed by atoms with E-state index >= 15 is 0 Å². The summed E-state index contributed by atoms with van der Waals surface area (Å²) >= 11 is 0. The quantitative estimate of drug-likeness (QED) is 0.188. The van der Waals surface area contributed by atoms with Gasteiger partial charge in [0.15, 0.2) is 5.78 Å². The Morgan fingerprint density at radius 2 is 1.77 bits per heavy atom. The number of ether oxygens (including phenoxy) is 2. The molecule has 0 aromatic carbocycles. The summed E-state index contributed by atoms with van der Waals surface area (Å²) in [4.78, 5) is 28.5. The standard InChI is InChI=1S/C18H27F5N4O4/c1-16(2,30-4)15(29)27-11(6-5-9-26-13(25)7-8-24)12(28)10-31-14(17(3,19)20)18(21,22)23/h11,14H,5-7,9-10H2,1-4H3,(H2,25,26)(H,27,29). The minimum Gasteiger partial charge on any atom is -0.387 e. The van der Waals surface area contributed by atoms with Crippen LogP contribution in [0.5, 0.6) is 0 Å². The van der Waals surface area contributed by atoms with Crippen LogP contribution in [0.2, 0.25) is 0 Å². The minimum atomic E-state index is -5.40. The molecule has 0 saturated carbocycles. The van der Waals surface area contributed by atoms with E-state index in [1.807, 2.05) is 0 Å². The van der Waals surface area contributed by atoms with Crippen LogP contribution in [0.4, 0.5) is 22.0 Å². The molecule has 3 N–H and O–H groups in total. The van der Waals surface area contributed by atoms with Crippen LogP contribution in [-0.4, -0.2) is 67.6 Å². The first kappa shape index (κ1) is 28.7. The number of ketones is 1. The molecule has 0 aliphatic carbocycles. The Morgan fingerprint density at radius 3 is 2.23 bits per heavy atom. The zero-order valence-electron chi connectivity index (χ0n) is 17.7. The number of carbonyl (C=O) groups is 2. The zero-order valence-corrected chi connectivity index (χ0v) is 17.7. The monoisotopic (exact) mass is 458 g/mol. The molecular weight excluding hydrogens is 431 g/mol. The van der Waals surface area contributed by atoms with Gasteiger partial charge in [-0.3, -0.25) is 14.6 Å². The van der Waals surface area contributed by atoms with E-state index in [-0.39, 0.29) is 38.6 Å². The highest BCUT2D eigenvalue weighted by Crippen LogP contribution is 2.34. The number of amidine groups is 1. The smallest absolute Gasteiger partial charge is 0.387 e. The van der Waals surface area contributed by atoms with Gasteiger partial charge in [-0.2, -0.15) is 18.4 Å². The molecule has 13 heteroatoms. The number of nitriles is 1. The average Bonchev–Trinajstić information content (AvgIpc) is 2.61. The maximum atomic E-state index is 13.2. The lowest BCUT2D eigenvalue weighted by Gasteiger charge is -2.28. The van der Waals surface area contributed by atoms with Gasteiger partial charge in [0, 0.05) is 20.6 Å². The van der Waals surface area contributed by atoms with Gasteiger partial charge in [-0.15, -0.1) is 0 Å². The number of hydrogen-bond donors (Lipinski definition) is 2. The number of nitrogens with one attached hydrogen (secondary N) is 1. The van der Waals surface area contributed by atoms with Gasteiger partial charge in [0.2, 0.25) is 6.10 Å². The fourth-order valence-corrected chi connectivity index (χ4v) is 2.19. The summed E-state index contributed by atoms with van der Waals surface area (Å²) in [7, 11) is 1.24. The molecule has 0 aromatic heterocycles. The molecule has 0 rings (SSSR count). The molecule has 0 aliphatic rings. The lowest BCUT2D eigenvalue weighted by atomic mass is 10.0. The zero-order chi connectivity index (χ0) is 24.5. The van der Waals surface area contributed by atoms with Gasteiger partial charge in [0.05, 0.1) is 18.5 Å². The molecule has 0 aliphatic heterocycles. The highest BCUT2D eigenvalue weighted by molar-refractivity contribution is 5.92. The van der Waals surface area contributed by atoms with Crippen molar-refractivity contribution in [2.24, 2.45) is 10.7 Å². The van der Waals surface area contributed by atoms with E-state index in [0.29, 0.717) is 0 Å². The third kappa shape index (κ3) is 10.5. The van der Waals surface area contributed by atoms with E-state index in [0.717, 1.165) is 0 Å². The summed E-state index contributed by atoms with van der Waals surface area (Å²) in [6, 6.07) is 0.446. The van der Waals surface area contributed by atoms with E-state index in [4.69, 9.17) is 15.7 Å². The van der Waals surface area contributed by atoms with Gasteiger partial charge >= 0.3 is 6.18 Å². The molecule has 0 fully saturated rings. The van der Waals surface area contributed by atoms with Crippen molar-refractivity contribution in [1.29, 1.82) is 5.26 Å². The number of alkyl halides is 5. The van der Waals surface area contributed by atoms with Crippen molar-refractivity contribution in [3.05, 3.63) is 0 Å². The molecule has 178 valence electrons. The Morgan fingerprint density at radius 1 is 1.19 bits per heavy atom. The van der Waals surface area contributed by atoms with Crippen LogP contribution in [-0.2, 0) is 19.1 Å². The molecule has 0 spiro atoms. The molecule has 1 amide bonds. The van der Waals surface area contributed by atoms with Crippen molar-refractivity contribution in [2.75, 3.05) is 20.3 Å². The normalized spacial score (nSPS) is 15.2. The number of hydrogen-bond acceptors (Lipinski definition) is 6. The summed E-state index contributed by atoms with van der Waals surface area (Å²) in [6.07, 6.45) is -8.92. The number of nitrogens with two attached hydrogens (primary N) is 1. The molecule has 0 radical (unpaired) electrons. The highest BCUT2D eigenvalue weighted by atomic mass is 19.4. The third-order valence-corrected chi connectivity index (χ3v) is 4.13. The van der Waals surface area contributed by atoms with Gasteiger partial charge in [-0.05, 0) is 26.7 Å². The van der Waals surface area contributed by atoms with Crippen molar-refractivity contribution in [3.8, 4) is 6.07 Å². The van der Waals surface area contributed by atoms with Crippen LogP contribution in [0.25, 0.3) is 0 Å². The first-order valence-electron chi connectivity index (χ1n) is 9.17. The Balaban J connectivity index is 5.29. The molecule has 2 unspecified atom stereocenters. The predicted molar refractivity (Wildman–Crippen MR) is 100 cm³/mol. The fourth-order valence-electron chi connectivity index (χ4n) is 2.19. The van der Waals surface area contributed by atoms with Crippen molar-refractivity contribution >= 4 is 17.5 Å². The number of halogens is 5. The van der Waals surface area contributed by atoms with Crippen molar-refractivity contribution < 1.29 is 41.0 Å². The SMILES string of the molecule is COC(C)(C)C(=O)NC(CCCN=C(N)CC#N)C(=O)COC(C(C)(F)F)C(F)(F)F. The van der Waals surface area contributed by atoms with E-state index in [9.17, 15) is 31.5 Å². The summed E-state index contributed by atoms with van der Waals surface area (Å²) in [6.45, 7) is 1.58. The first-order valence-corrected chi connectivity index (χ1v) is 9.17. The van der Waals surface area contributed by atoms with Crippen LogP contribution in [0.1, 0.15) is 40.0 Å². The van der Waals surface area contributed by atoms with Gasteiger partial charge in [-0.25, -0.2) is 8.78 Å². The summed E-state index contributed by atoms with van der Waals surface area (Å²) in [5.41, 5.74) is 4.09. The van der Waals surface area contributed by atoms with Crippen molar-refractivity contribution in [1.82, 2.24) is 5.32 Å². The van der Waals surface area contributed by atoms with E-state index < -0.39 is 48.1 Å². The predicted octanol–water partition coefficient (Wildman–Crippen LogP) is 2.12. The Bertz CT molecular complexity index is 670. The van der Waals surface area contributed by atoms with Gasteiger partial charge in [0.1, 0.15) is 18.0 Å². The minimum absolute atomic E-state index is 0.0274. The average molecular weight is 458 g/mol. The molecule has 31 heavy (non-hydrogen) atoms. The number of methoxy groups -OCH3 is 1. The first-order chi connectivity index (χ1) is 14.1. The highest BCUT2D eigenvalue weighted by Gasteiger charge is 2.54. The van der Waals surface area contributed by atoms with Crippen LogP contribution >= 0.6 is 0 Å². The van der Waals surface area contributed by atoms with Gasteiger partial charge < -0.3 is 20.5 Å². The van der Waals surface area contributed by atoms with Crippen LogP contribution in [0.3, 0.4) is 0 Å². The number of carbonyl (C=O) groups excluding carboxylic acids is 2. The molecule has 8 nitrogen and oxygen atoms in total. The lowest BCUT2D eigenvalue weighted by molar-refractivity contribution is -0.278. The molecule has 2 atom stereocenters.